The van der Waals surface area contributed by atoms with E-state index in [1.165, 1.54) is 22.0 Å². The van der Waals surface area contributed by atoms with E-state index in [4.69, 9.17) is 0 Å². The molecule has 1 saturated heterocycles. The first-order chi connectivity index (χ1) is 13.7. The third-order valence-electron chi connectivity index (χ3n) is 4.96. The van der Waals surface area contributed by atoms with Gasteiger partial charge < -0.3 is 0 Å². The highest BCUT2D eigenvalue weighted by Gasteiger charge is 2.27. The van der Waals surface area contributed by atoms with Gasteiger partial charge in [0.15, 0.2) is 0 Å². The molecule has 2 aromatic rings. The Bertz CT molecular complexity index is 1000. The maximum absolute atomic E-state index is 12.7. The van der Waals surface area contributed by atoms with Gasteiger partial charge in [0.25, 0.3) is 5.91 Å². The summed E-state index contributed by atoms with van der Waals surface area (Å²) in [5.41, 5.74) is 4.87. The predicted molar refractivity (Wildman–Crippen MR) is 115 cm³/mol. The van der Waals surface area contributed by atoms with E-state index in [1.54, 1.807) is 18.3 Å². The van der Waals surface area contributed by atoms with E-state index in [9.17, 15) is 13.2 Å². The largest absolute Gasteiger partial charge is 0.271 e. The molecule has 1 heterocycles. The standard InChI is InChI=1S/C22H27N3O3S/c1-22(2,3)19-11-9-17(10-12-19)16-23-24-21(26)18-7-6-8-20(15-18)29(27,28)25-13-4-5-14-25/h6-12,15-16H,4-5,13-14H2,1-3H3,(H,24,26)/b23-16-. The fraction of sp³-hybridized carbons (Fsp3) is 0.364. The fourth-order valence-corrected chi connectivity index (χ4v) is 4.74. The van der Waals surface area contributed by atoms with Gasteiger partial charge in [0.05, 0.1) is 11.1 Å². The molecule has 1 aliphatic heterocycles. The van der Waals surface area contributed by atoms with Gasteiger partial charge in [-0.05, 0) is 47.6 Å². The third kappa shape index (κ3) is 5.10. The Balaban J connectivity index is 1.67. The van der Waals surface area contributed by atoms with Crippen LogP contribution in [-0.2, 0) is 15.4 Å². The molecule has 6 nitrogen and oxygen atoms in total. The van der Waals surface area contributed by atoms with Crippen LogP contribution < -0.4 is 5.43 Å². The lowest BCUT2D eigenvalue weighted by Crippen LogP contribution is -2.28. The smallest absolute Gasteiger partial charge is 0.267 e. The lowest BCUT2D eigenvalue weighted by molar-refractivity contribution is 0.0955. The van der Waals surface area contributed by atoms with Crippen LogP contribution in [0.2, 0.25) is 0 Å². The lowest BCUT2D eigenvalue weighted by atomic mass is 9.87. The Kier molecular flexibility index (Phi) is 6.19. The molecule has 0 bridgehead atoms. The Labute approximate surface area is 172 Å². The van der Waals surface area contributed by atoms with Crippen molar-refractivity contribution in [3.63, 3.8) is 0 Å². The van der Waals surface area contributed by atoms with Crippen molar-refractivity contribution in [3.05, 3.63) is 65.2 Å². The van der Waals surface area contributed by atoms with Gasteiger partial charge >= 0.3 is 0 Å². The number of carbonyl (C=O) groups excluding carboxylic acids is 1. The van der Waals surface area contributed by atoms with Crippen molar-refractivity contribution in [2.45, 2.75) is 43.9 Å². The minimum absolute atomic E-state index is 0.0737. The Hall–Kier alpha value is -2.51. The second-order valence-electron chi connectivity index (χ2n) is 8.21. The van der Waals surface area contributed by atoms with Crippen LogP contribution >= 0.6 is 0 Å². The second-order valence-corrected chi connectivity index (χ2v) is 10.1. The zero-order valence-corrected chi connectivity index (χ0v) is 17.9. The summed E-state index contributed by atoms with van der Waals surface area (Å²) in [5, 5.41) is 3.99. The van der Waals surface area contributed by atoms with Gasteiger partial charge in [-0.2, -0.15) is 9.41 Å². The van der Waals surface area contributed by atoms with E-state index in [0.29, 0.717) is 13.1 Å². The number of nitrogens with zero attached hydrogens (tertiary/aromatic N) is 2. The summed E-state index contributed by atoms with van der Waals surface area (Å²) >= 11 is 0. The first kappa shape index (κ1) is 21.2. The highest BCUT2D eigenvalue weighted by Crippen LogP contribution is 2.22. The molecule has 1 aliphatic rings. The van der Waals surface area contributed by atoms with Crippen molar-refractivity contribution in [1.29, 1.82) is 0 Å². The van der Waals surface area contributed by atoms with Crippen molar-refractivity contribution < 1.29 is 13.2 Å². The molecule has 3 rings (SSSR count). The number of rotatable bonds is 5. The highest BCUT2D eigenvalue weighted by atomic mass is 32.2. The first-order valence-corrected chi connectivity index (χ1v) is 11.2. The van der Waals surface area contributed by atoms with E-state index in [1.807, 2.05) is 24.3 Å². The number of hydrogen-bond donors (Lipinski definition) is 1. The summed E-state index contributed by atoms with van der Waals surface area (Å²) in [6, 6.07) is 14.0. The van der Waals surface area contributed by atoms with Gasteiger partial charge in [0, 0.05) is 18.7 Å². The van der Waals surface area contributed by atoms with Gasteiger partial charge in [0.1, 0.15) is 0 Å². The SMILES string of the molecule is CC(C)(C)c1ccc(/C=N\NC(=O)c2cccc(S(=O)(=O)N3CCCC3)c2)cc1. The van der Waals surface area contributed by atoms with Crippen molar-refractivity contribution in [1.82, 2.24) is 9.73 Å². The summed E-state index contributed by atoms with van der Waals surface area (Å²) in [4.78, 5) is 12.5. The first-order valence-electron chi connectivity index (χ1n) is 9.72. The van der Waals surface area contributed by atoms with Gasteiger partial charge in [-0.25, -0.2) is 13.8 Å². The molecule has 0 radical (unpaired) electrons. The molecule has 0 unspecified atom stereocenters. The van der Waals surface area contributed by atoms with E-state index in [2.05, 4.69) is 31.3 Å². The monoisotopic (exact) mass is 413 g/mol. The maximum Gasteiger partial charge on any atom is 0.271 e. The van der Waals surface area contributed by atoms with Crippen molar-refractivity contribution in [3.8, 4) is 0 Å². The van der Waals surface area contributed by atoms with Gasteiger partial charge in [-0.15, -0.1) is 0 Å². The molecule has 0 saturated carbocycles. The molecule has 29 heavy (non-hydrogen) atoms. The highest BCUT2D eigenvalue weighted by molar-refractivity contribution is 7.89. The number of hydrogen-bond acceptors (Lipinski definition) is 4. The summed E-state index contributed by atoms with van der Waals surface area (Å²) in [7, 11) is -3.56. The molecule has 2 aromatic carbocycles. The molecule has 0 atom stereocenters. The van der Waals surface area contributed by atoms with Crippen molar-refractivity contribution in [2.75, 3.05) is 13.1 Å². The molecule has 0 aliphatic carbocycles. The number of sulfonamides is 1. The molecular formula is C22H27N3O3S. The minimum Gasteiger partial charge on any atom is -0.267 e. The number of carbonyl (C=O) groups is 1. The molecule has 1 fully saturated rings. The number of amides is 1. The lowest BCUT2D eigenvalue weighted by Gasteiger charge is -2.18. The molecule has 0 aromatic heterocycles. The normalized spacial score (nSPS) is 15.7. The van der Waals surface area contributed by atoms with E-state index in [-0.39, 0.29) is 15.9 Å². The van der Waals surface area contributed by atoms with Crippen molar-refractivity contribution in [2.24, 2.45) is 5.10 Å². The van der Waals surface area contributed by atoms with Gasteiger partial charge in [-0.1, -0.05) is 51.1 Å². The number of nitrogens with one attached hydrogen (secondary N) is 1. The quantitative estimate of drug-likeness (QED) is 0.602. The molecule has 0 spiro atoms. The molecular weight excluding hydrogens is 386 g/mol. The average molecular weight is 414 g/mol. The Morgan fingerprint density at radius 2 is 1.72 bits per heavy atom. The van der Waals surface area contributed by atoms with Crippen LogP contribution in [0.25, 0.3) is 0 Å². The second kappa shape index (κ2) is 8.47. The average Bonchev–Trinajstić information content (AvgIpc) is 3.23. The van der Waals surface area contributed by atoms with Gasteiger partial charge in [0.2, 0.25) is 10.0 Å². The van der Waals surface area contributed by atoms with Crippen LogP contribution in [0.5, 0.6) is 0 Å². The van der Waals surface area contributed by atoms with Crippen LogP contribution in [0.1, 0.15) is 55.1 Å². The molecule has 154 valence electrons. The zero-order valence-electron chi connectivity index (χ0n) is 17.1. The van der Waals surface area contributed by atoms with Crippen LogP contribution in [-0.4, -0.2) is 37.9 Å². The van der Waals surface area contributed by atoms with Crippen LogP contribution in [0, 0.1) is 0 Å². The minimum atomic E-state index is -3.56. The fourth-order valence-electron chi connectivity index (χ4n) is 3.17. The zero-order chi connectivity index (χ0) is 21.1. The summed E-state index contributed by atoms with van der Waals surface area (Å²) < 4.78 is 26.8. The van der Waals surface area contributed by atoms with E-state index >= 15 is 0 Å². The number of benzene rings is 2. The van der Waals surface area contributed by atoms with E-state index < -0.39 is 15.9 Å². The Morgan fingerprint density at radius 1 is 1.07 bits per heavy atom. The maximum atomic E-state index is 12.7. The van der Waals surface area contributed by atoms with E-state index in [0.717, 1.165) is 18.4 Å². The summed E-state index contributed by atoms with van der Waals surface area (Å²) in [6.07, 6.45) is 3.30. The molecule has 1 amide bonds. The summed E-state index contributed by atoms with van der Waals surface area (Å²) in [5.74, 6) is -0.453. The topological polar surface area (TPSA) is 78.8 Å². The molecule has 7 heteroatoms. The van der Waals surface area contributed by atoms with Gasteiger partial charge in [-0.3, -0.25) is 4.79 Å². The predicted octanol–water partition coefficient (Wildman–Crippen LogP) is 3.53. The van der Waals surface area contributed by atoms with Crippen LogP contribution in [0.3, 0.4) is 0 Å². The third-order valence-corrected chi connectivity index (χ3v) is 6.85. The van der Waals surface area contributed by atoms with Crippen LogP contribution in [0.15, 0.2) is 58.5 Å². The van der Waals surface area contributed by atoms with Crippen LogP contribution in [0.4, 0.5) is 0 Å². The Morgan fingerprint density at radius 3 is 2.34 bits per heavy atom. The van der Waals surface area contributed by atoms with Crippen molar-refractivity contribution >= 4 is 22.1 Å². The summed E-state index contributed by atoms with van der Waals surface area (Å²) in [6.45, 7) is 7.49. The number of hydrazone groups is 1. The molecule has 1 N–H and O–H groups in total.